The molecule has 0 unspecified atom stereocenters. The van der Waals surface area contributed by atoms with Crippen molar-refractivity contribution in [1.29, 1.82) is 5.26 Å². The van der Waals surface area contributed by atoms with Gasteiger partial charge in [-0.1, -0.05) is 0 Å². The van der Waals surface area contributed by atoms with Crippen LogP contribution in [0.3, 0.4) is 0 Å². The van der Waals surface area contributed by atoms with Gasteiger partial charge in [-0.2, -0.15) is 10.3 Å². The molecule has 50 valence electrons. The largest absolute Gasteiger partial charge is 0.314 e. The van der Waals surface area contributed by atoms with Gasteiger partial charge in [0.1, 0.15) is 0 Å². The Bertz CT molecular complexity index is 130. The summed E-state index contributed by atoms with van der Waals surface area (Å²) >= 11 is 0. The van der Waals surface area contributed by atoms with E-state index in [2.05, 4.69) is 6.07 Å². The lowest BCUT2D eigenvalue weighted by molar-refractivity contribution is -0.0711. The summed E-state index contributed by atoms with van der Waals surface area (Å²) < 4.78 is 0. The minimum atomic E-state index is 0.403. The van der Waals surface area contributed by atoms with Crippen LogP contribution >= 0.6 is 0 Å². The zero-order valence-electron chi connectivity index (χ0n) is 5.25. The van der Waals surface area contributed by atoms with Crippen molar-refractivity contribution in [2.24, 2.45) is 5.92 Å². The first kappa shape index (κ1) is 6.53. The third kappa shape index (κ3) is 1.67. The van der Waals surface area contributed by atoms with Gasteiger partial charge in [0.25, 0.3) is 0 Å². The van der Waals surface area contributed by atoms with Crippen molar-refractivity contribution < 1.29 is 5.21 Å². The Balaban J connectivity index is 2.24. The fraction of sp³-hybridized carbons (Fsp3) is 0.833. The van der Waals surface area contributed by atoms with E-state index in [0.29, 0.717) is 18.9 Å². The monoisotopic (exact) mass is 126 g/mol. The molecule has 0 spiro atoms. The van der Waals surface area contributed by atoms with Crippen LogP contribution in [-0.4, -0.2) is 23.4 Å². The molecule has 0 radical (unpaired) electrons. The lowest BCUT2D eigenvalue weighted by Gasteiger charge is -2.03. The van der Waals surface area contributed by atoms with Crippen LogP contribution in [0.4, 0.5) is 0 Å². The Morgan fingerprint density at radius 2 is 2.56 bits per heavy atom. The second kappa shape index (κ2) is 2.81. The van der Waals surface area contributed by atoms with Gasteiger partial charge in [0, 0.05) is 19.5 Å². The number of hydroxylamine groups is 2. The van der Waals surface area contributed by atoms with Gasteiger partial charge in [-0.15, -0.1) is 0 Å². The lowest BCUT2D eigenvalue weighted by Crippen LogP contribution is -2.14. The third-order valence-electron chi connectivity index (χ3n) is 1.64. The van der Waals surface area contributed by atoms with Crippen LogP contribution in [0.25, 0.3) is 0 Å². The van der Waals surface area contributed by atoms with E-state index < -0.39 is 0 Å². The molecule has 0 saturated carbocycles. The van der Waals surface area contributed by atoms with E-state index in [4.69, 9.17) is 10.5 Å². The van der Waals surface area contributed by atoms with Gasteiger partial charge in [-0.05, 0) is 12.3 Å². The molecule has 1 N–H and O–H groups in total. The predicted octanol–water partition coefficient (Wildman–Crippen LogP) is 0.611. The van der Waals surface area contributed by atoms with Gasteiger partial charge in [0.05, 0.1) is 6.07 Å². The van der Waals surface area contributed by atoms with E-state index in [1.54, 1.807) is 0 Å². The van der Waals surface area contributed by atoms with Gasteiger partial charge < -0.3 is 5.21 Å². The standard InChI is InChI=1S/C6H10N2O/c7-3-1-6-2-4-8(9)5-6/h6,9H,1-2,4-5H2/t6-/m0/s1. The van der Waals surface area contributed by atoms with E-state index in [9.17, 15) is 0 Å². The number of nitriles is 1. The van der Waals surface area contributed by atoms with Crippen molar-refractivity contribution in [1.82, 2.24) is 5.06 Å². The van der Waals surface area contributed by atoms with Crippen molar-refractivity contribution in [3.8, 4) is 6.07 Å². The van der Waals surface area contributed by atoms with Crippen molar-refractivity contribution >= 4 is 0 Å². The number of hydrogen-bond acceptors (Lipinski definition) is 3. The highest BCUT2D eigenvalue weighted by atomic mass is 16.5. The Labute approximate surface area is 54.5 Å². The van der Waals surface area contributed by atoms with E-state index in [0.717, 1.165) is 13.0 Å². The second-order valence-electron chi connectivity index (χ2n) is 2.43. The Morgan fingerprint density at radius 1 is 1.78 bits per heavy atom. The maximum atomic E-state index is 8.85. The summed E-state index contributed by atoms with van der Waals surface area (Å²) in [5.41, 5.74) is 0. The maximum absolute atomic E-state index is 8.85. The predicted molar refractivity (Wildman–Crippen MR) is 31.7 cm³/mol. The van der Waals surface area contributed by atoms with E-state index in [1.807, 2.05) is 0 Å². The summed E-state index contributed by atoms with van der Waals surface area (Å²) in [6.07, 6.45) is 1.54. The SMILES string of the molecule is N#CC[C@H]1CCN(O)C1. The Morgan fingerprint density at radius 3 is 3.00 bits per heavy atom. The molecule has 1 atom stereocenters. The van der Waals surface area contributed by atoms with Crippen LogP contribution in [0.1, 0.15) is 12.8 Å². The van der Waals surface area contributed by atoms with Gasteiger partial charge in [-0.3, -0.25) is 0 Å². The molecule has 1 aliphatic heterocycles. The summed E-state index contributed by atoms with van der Waals surface area (Å²) in [5, 5.41) is 18.4. The summed E-state index contributed by atoms with van der Waals surface area (Å²) in [6.45, 7) is 1.40. The first-order valence-corrected chi connectivity index (χ1v) is 3.13. The van der Waals surface area contributed by atoms with Crippen LogP contribution in [-0.2, 0) is 0 Å². The highest BCUT2D eigenvalue weighted by molar-refractivity contribution is 4.80. The van der Waals surface area contributed by atoms with E-state index in [-0.39, 0.29) is 0 Å². The molecule has 0 aromatic carbocycles. The average molecular weight is 126 g/mol. The van der Waals surface area contributed by atoms with E-state index >= 15 is 0 Å². The third-order valence-corrected chi connectivity index (χ3v) is 1.64. The topological polar surface area (TPSA) is 47.3 Å². The zero-order valence-corrected chi connectivity index (χ0v) is 5.25. The molecule has 0 amide bonds. The molecule has 0 aliphatic carbocycles. The average Bonchev–Trinajstić information content (AvgIpc) is 2.17. The lowest BCUT2D eigenvalue weighted by atomic mass is 10.1. The summed E-state index contributed by atoms with van der Waals surface area (Å²) in [4.78, 5) is 0. The molecule has 0 aromatic heterocycles. The van der Waals surface area contributed by atoms with Crippen molar-refractivity contribution in [3.05, 3.63) is 0 Å². The van der Waals surface area contributed by atoms with E-state index in [1.165, 1.54) is 5.06 Å². The number of hydrogen-bond donors (Lipinski definition) is 1. The minimum absolute atomic E-state index is 0.403. The summed E-state index contributed by atoms with van der Waals surface area (Å²) in [5.74, 6) is 0.403. The smallest absolute Gasteiger partial charge is 0.0625 e. The molecule has 1 fully saturated rings. The molecule has 1 saturated heterocycles. The fourth-order valence-electron chi connectivity index (χ4n) is 1.11. The highest BCUT2D eigenvalue weighted by Gasteiger charge is 2.19. The molecule has 0 aromatic rings. The zero-order chi connectivity index (χ0) is 6.69. The fourth-order valence-corrected chi connectivity index (χ4v) is 1.11. The highest BCUT2D eigenvalue weighted by Crippen LogP contribution is 2.16. The molecule has 3 heteroatoms. The summed E-state index contributed by atoms with van der Waals surface area (Å²) in [6, 6.07) is 2.09. The Kier molecular flexibility index (Phi) is 2.04. The molecule has 1 rings (SSSR count). The van der Waals surface area contributed by atoms with Crippen molar-refractivity contribution in [2.75, 3.05) is 13.1 Å². The van der Waals surface area contributed by atoms with Gasteiger partial charge in [-0.25, -0.2) is 0 Å². The molecule has 0 bridgehead atoms. The number of nitrogens with zero attached hydrogens (tertiary/aromatic N) is 2. The van der Waals surface area contributed by atoms with Crippen LogP contribution in [0.5, 0.6) is 0 Å². The molecular weight excluding hydrogens is 116 g/mol. The first-order chi connectivity index (χ1) is 4.33. The quantitative estimate of drug-likeness (QED) is 0.560. The summed E-state index contributed by atoms with van der Waals surface area (Å²) in [7, 11) is 0. The molecule has 9 heavy (non-hydrogen) atoms. The second-order valence-corrected chi connectivity index (χ2v) is 2.43. The normalized spacial score (nSPS) is 28.2. The Hall–Kier alpha value is -0.590. The van der Waals surface area contributed by atoms with Gasteiger partial charge in [0.15, 0.2) is 0 Å². The molecule has 1 aliphatic rings. The number of rotatable bonds is 1. The maximum Gasteiger partial charge on any atom is 0.0625 e. The van der Waals surface area contributed by atoms with Crippen LogP contribution in [0.15, 0.2) is 0 Å². The molecular formula is C6H10N2O. The van der Waals surface area contributed by atoms with Crippen LogP contribution < -0.4 is 0 Å². The minimum Gasteiger partial charge on any atom is -0.314 e. The van der Waals surface area contributed by atoms with Crippen molar-refractivity contribution in [3.63, 3.8) is 0 Å². The van der Waals surface area contributed by atoms with Crippen molar-refractivity contribution in [2.45, 2.75) is 12.8 Å². The van der Waals surface area contributed by atoms with Crippen LogP contribution in [0.2, 0.25) is 0 Å². The van der Waals surface area contributed by atoms with Gasteiger partial charge in [0.2, 0.25) is 0 Å². The molecule has 3 nitrogen and oxygen atoms in total. The van der Waals surface area contributed by atoms with Crippen LogP contribution in [0, 0.1) is 17.2 Å². The molecule has 1 heterocycles. The first-order valence-electron chi connectivity index (χ1n) is 3.13. The van der Waals surface area contributed by atoms with Gasteiger partial charge >= 0.3 is 0 Å².